The highest BCUT2D eigenvalue weighted by atomic mass is 35.5. The molecule has 0 radical (unpaired) electrons. The number of carbonyl (C=O) groups excluding carboxylic acids is 1. The fourth-order valence-electron chi connectivity index (χ4n) is 2.26. The Kier molecular flexibility index (Phi) is 5.05. The largest absolute Gasteiger partial charge is 0.328 e. The fraction of sp³-hybridized carbons (Fsp3) is 0.111. The van der Waals surface area contributed by atoms with Crippen LogP contribution in [0.3, 0.4) is 0 Å². The van der Waals surface area contributed by atoms with E-state index >= 15 is 0 Å². The first-order chi connectivity index (χ1) is 11.2. The molecule has 0 N–H and O–H groups in total. The third-order valence-corrected chi connectivity index (χ3v) is 4.39. The Morgan fingerprint density at radius 3 is 2.57 bits per heavy atom. The molecule has 0 aliphatic rings. The van der Waals surface area contributed by atoms with Gasteiger partial charge in [-0.3, -0.25) is 9.78 Å². The van der Waals surface area contributed by atoms with Crippen LogP contribution in [0, 0.1) is 0 Å². The molecule has 3 rings (SSSR count). The van der Waals surface area contributed by atoms with Crippen molar-refractivity contribution in [2.24, 2.45) is 0 Å². The van der Waals surface area contributed by atoms with Crippen LogP contribution in [0.15, 0.2) is 65.5 Å². The molecule has 3 aromatic rings. The number of halogens is 1. The van der Waals surface area contributed by atoms with Crippen molar-refractivity contribution in [2.45, 2.75) is 13.1 Å². The van der Waals surface area contributed by atoms with Gasteiger partial charge in [-0.1, -0.05) is 17.7 Å². The molecule has 0 fully saturated rings. The number of thiophene rings is 1. The van der Waals surface area contributed by atoms with Gasteiger partial charge < -0.3 is 4.90 Å². The Labute approximate surface area is 144 Å². The van der Waals surface area contributed by atoms with Gasteiger partial charge in [0, 0.05) is 23.3 Å². The van der Waals surface area contributed by atoms with Gasteiger partial charge >= 0.3 is 0 Å². The summed E-state index contributed by atoms with van der Waals surface area (Å²) in [6.07, 6.45) is 1.74. The number of pyridine rings is 1. The lowest BCUT2D eigenvalue weighted by Crippen LogP contribution is -2.30. The topological polar surface area (TPSA) is 33.2 Å². The molecule has 1 amide bonds. The van der Waals surface area contributed by atoms with E-state index in [0.717, 1.165) is 11.3 Å². The van der Waals surface area contributed by atoms with Crippen LogP contribution < -0.4 is 0 Å². The zero-order chi connectivity index (χ0) is 16.1. The average molecular weight is 343 g/mol. The van der Waals surface area contributed by atoms with Crippen LogP contribution in [-0.4, -0.2) is 15.8 Å². The van der Waals surface area contributed by atoms with Crippen molar-refractivity contribution in [3.63, 3.8) is 0 Å². The van der Waals surface area contributed by atoms with E-state index in [1.54, 1.807) is 46.7 Å². The van der Waals surface area contributed by atoms with Crippen LogP contribution in [0.4, 0.5) is 0 Å². The molecule has 2 aromatic heterocycles. The number of carbonyl (C=O) groups is 1. The Bertz CT molecular complexity index is 757. The van der Waals surface area contributed by atoms with Crippen LogP contribution in [0.25, 0.3) is 0 Å². The molecule has 0 spiro atoms. The average Bonchev–Trinajstić information content (AvgIpc) is 3.08. The fourth-order valence-corrected chi connectivity index (χ4v) is 3.05. The van der Waals surface area contributed by atoms with Gasteiger partial charge in [-0.2, -0.15) is 11.3 Å². The summed E-state index contributed by atoms with van der Waals surface area (Å²) in [4.78, 5) is 19.0. The van der Waals surface area contributed by atoms with E-state index in [1.807, 2.05) is 29.6 Å². The molecule has 0 atom stereocenters. The second-order valence-electron chi connectivity index (χ2n) is 5.12. The van der Waals surface area contributed by atoms with Gasteiger partial charge in [0.25, 0.3) is 5.91 Å². The van der Waals surface area contributed by atoms with Gasteiger partial charge in [0.1, 0.15) is 0 Å². The molecule has 23 heavy (non-hydrogen) atoms. The summed E-state index contributed by atoms with van der Waals surface area (Å²) >= 11 is 7.53. The normalized spacial score (nSPS) is 10.5. The molecule has 0 aliphatic carbocycles. The standard InChI is InChI=1S/C18H15ClN2OS/c19-16-6-4-15(5-7-16)18(22)21(11-14-8-10-23-13-14)12-17-3-1-2-9-20-17/h1-10,13H,11-12H2. The Morgan fingerprint density at radius 2 is 1.91 bits per heavy atom. The van der Waals surface area contributed by atoms with E-state index in [4.69, 9.17) is 11.6 Å². The van der Waals surface area contributed by atoms with Crippen molar-refractivity contribution in [3.8, 4) is 0 Å². The zero-order valence-corrected chi connectivity index (χ0v) is 13.9. The van der Waals surface area contributed by atoms with Crippen molar-refractivity contribution in [1.82, 2.24) is 9.88 Å². The molecule has 2 heterocycles. The number of benzene rings is 1. The number of aromatic nitrogens is 1. The van der Waals surface area contributed by atoms with E-state index < -0.39 is 0 Å². The van der Waals surface area contributed by atoms with Crippen LogP contribution in [0.1, 0.15) is 21.6 Å². The van der Waals surface area contributed by atoms with Gasteiger partial charge in [-0.15, -0.1) is 0 Å². The highest BCUT2D eigenvalue weighted by molar-refractivity contribution is 7.07. The second-order valence-corrected chi connectivity index (χ2v) is 6.34. The summed E-state index contributed by atoms with van der Waals surface area (Å²) in [7, 11) is 0. The number of hydrogen-bond donors (Lipinski definition) is 0. The molecule has 0 bridgehead atoms. The number of hydrogen-bond acceptors (Lipinski definition) is 3. The molecular formula is C18H15ClN2OS. The maximum atomic E-state index is 12.8. The van der Waals surface area contributed by atoms with Gasteiger partial charge in [-0.05, 0) is 58.8 Å². The van der Waals surface area contributed by atoms with Crippen molar-refractivity contribution < 1.29 is 4.79 Å². The van der Waals surface area contributed by atoms with Crippen molar-refractivity contribution in [2.75, 3.05) is 0 Å². The minimum Gasteiger partial charge on any atom is -0.328 e. The van der Waals surface area contributed by atoms with E-state index in [1.165, 1.54) is 0 Å². The lowest BCUT2D eigenvalue weighted by Gasteiger charge is -2.22. The monoisotopic (exact) mass is 342 g/mol. The Balaban J connectivity index is 1.84. The molecular weight excluding hydrogens is 328 g/mol. The van der Waals surface area contributed by atoms with Gasteiger partial charge in [0.05, 0.1) is 12.2 Å². The molecule has 3 nitrogen and oxygen atoms in total. The van der Waals surface area contributed by atoms with Crippen molar-refractivity contribution in [1.29, 1.82) is 0 Å². The third kappa shape index (κ3) is 4.18. The highest BCUT2D eigenvalue weighted by Gasteiger charge is 2.17. The van der Waals surface area contributed by atoms with Gasteiger partial charge in [0.2, 0.25) is 0 Å². The molecule has 0 aliphatic heterocycles. The predicted octanol–water partition coefficient (Wildman–Crippen LogP) is 4.64. The SMILES string of the molecule is O=C(c1ccc(Cl)cc1)N(Cc1ccsc1)Cc1ccccn1. The van der Waals surface area contributed by atoms with Crippen LogP contribution in [0.5, 0.6) is 0 Å². The zero-order valence-electron chi connectivity index (χ0n) is 12.4. The quantitative estimate of drug-likeness (QED) is 0.676. The summed E-state index contributed by atoms with van der Waals surface area (Å²) in [6, 6.07) is 14.7. The maximum absolute atomic E-state index is 12.8. The van der Waals surface area contributed by atoms with Crippen molar-refractivity contribution in [3.05, 3.63) is 87.3 Å². The van der Waals surface area contributed by atoms with E-state index in [0.29, 0.717) is 23.7 Å². The smallest absolute Gasteiger partial charge is 0.254 e. The highest BCUT2D eigenvalue weighted by Crippen LogP contribution is 2.17. The molecule has 0 unspecified atom stereocenters. The van der Waals surface area contributed by atoms with Crippen LogP contribution in [0.2, 0.25) is 5.02 Å². The minimum absolute atomic E-state index is 0.0291. The Hall–Kier alpha value is -2.17. The molecule has 5 heteroatoms. The first-order valence-corrected chi connectivity index (χ1v) is 8.50. The van der Waals surface area contributed by atoms with Crippen LogP contribution in [-0.2, 0) is 13.1 Å². The maximum Gasteiger partial charge on any atom is 0.254 e. The van der Waals surface area contributed by atoms with E-state index in [-0.39, 0.29) is 5.91 Å². The number of amides is 1. The number of nitrogens with zero attached hydrogens (tertiary/aromatic N) is 2. The Morgan fingerprint density at radius 1 is 1.09 bits per heavy atom. The van der Waals surface area contributed by atoms with Crippen molar-refractivity contribution >= 4 is 28.8 Å². The molecule has 1 aromatic carbocycles. The first kappa shape index (κ1) is 15.7. The summed E-state index contributed by atoms with van der Waals surface area (Å²) in [5.41, 5.74) is 2.61. The summed E-state index contributed by atoms with van der Waals surface area (Å²) in [5, 5.41) is 4.69. The molecule has 116 valence electrons. The second kappa shape index (κ2) is 7.40. The first-order valence-electron chi connectivity index (χ1n) is 7.18. The van der Waals surface area contributed by atoms with Gasteiger partial charge in [-0.25, -0.2) is 0 Å². The molecule has 0 saturated heterocycles. The lowest BCUT2D eigenvalue weighted by atomic mass is 10.1. The predicted molar refractivity (Wildman–Crippen MR) is 93.6 cm³/mol. The lowest BCUT2D eigenvalue weighted by molar-refractivity contribution is 0.0728. The van der Waals surface area contributed by atoms with E-state index in [2.05, 4.69) is 10.4 Å². The minimum atomic E-state index is -0.0291. The summed E-state index contributed by atoms with van der Waals surface area (Å²) in [6.45, 7) is 1.03. The summed E-state index contributed by atoms with van der Waals surface area (Å²) < 4.78 is 0. The third-order valence-electron chi connectivity index (χ3n) is 3.41. The van der Waals surface area contributed by atoms with E-state index in [9.17, 15) is 4.79 Å². The summed E-state index contributed by atoms with van der Waals surface area (Å²) in [5.74, 6) is -0.0291. The molecule has 0 saturated carbocycles. The van der Waals surface area contributed by atoms with Crippen LogP contribution >= 0.6 is 22.9 Å². The van der Waals surface area contributed by atoms with Gasteiger partial charge in [0.15, 0.2) is 0 Å². The number of rotatable bonds is 5.